The fraction of sp³-hybridized carbons (Fsp3) is 0.412. The monoisotopic (exact) mass is 418 g/mol. The molecule has 2 amide bonds. The molecule has 0 aromatic heterocycles. The summed E-state index contributed by atoms with van der Waals surface area (Å²) < 4.78 is 43.2. The predicted molar refractivity (Wildman–Crippen MR) is 94.9 cm³/mol. The van der Waals surface area contributed by atoms with Crippen LogP contribution in [0.4, 0.5) is 18.9 Å². The normalized spacial score (nSPS) is 24.8. The molecule has 0 radical (unpaired) electrons. The van der Waals surface area contributed by atoms with Gasteiger partial charge in [0.2, 0.25) is 11.8 Å². The van der Waals surface area contributed by atoms with Crippen LogP contribution in [0.3, 0.4) is 0 Å². The number of carbonyl (C=O) groups is 2. The lowest BCUT2D eigenvalue weighted by Gasteiger charge is -2.24. The van der Waals surface area contributed by atoms with Gasteiger partial charge in [0, 0.05) is 32.3 Å². The molecule has 7 nitrogen and oxygen atoms in total. The van der Waals surface area contributed by atoms with E-state index >= 15 is 0 Å². The summed E-state index contributed by atoms with van der Waals surface area (Å²) in [5.74, 6) is -4.70. The van der Waals surface area contributed by atoms with Gasteiger partial charge in [-0.3, -0.25) is 9.59 Å². The topological polar surface area (TPSA) is 73.9 Å². The van der Waals surface area contributed by atoms with E-state index in [0.29, 0.717) is 5.70 Å². The molecule has 3 unspecified atom stereocenters. The number of alkyl halides is 3. The summed E-state index contributed by atoms with van der Waals surface area (Å²) in [6.45, 7) is -3.01. The summed E-state index contributed by atoms with van der Waals surface area (Å²) in [5.41, 5.74) is 2.80. The molecule has 1 aromatic rings. The Kier molecular flexibility index (Phi) is 5.71. The van der Waals surface area contributed by atoms with Crippen LogP contribution < -0.4 is 15.5 Å². The van der Waals surface area contributed by atoms with E-state index in [1.807, 2.05) is 0 Å². The number of para-hydroxylation sites is 1. The number of anilines is 1. The third-order valence-electron chi connectivity index (χ3n) is 4.63. The van der Waals surface area contributed by atoms with Gasteiger partial charge in [0.15, 0.2) is 11.6 Å². The number of halogens is 4. The molecule has 11 heteroatoms. The molecular weight excluding hydrogens is 401 g/mol. The highest BCUT2D eigenvalue weighted by molar-refractivity contribution is 6.21. The van der Waals surface area contributed by atoms with E-state index in [2.05, 4.69) is 15.5 Å². The first-order chi connectivity index (χ1) is 13.2. The minimum Gasteiger partial charge on any atom is -0.429 e. The summed E-state index contributed by atoms with van der Waals surface area (Å²) in [7, 11) is 3.25. The molecule has 1 fully saturated rings. The fourth-order valence-electron chi connectivity index (χ4n) is 3.42. The third-order valence-corrected chi connectivity index (χ3v) is 4.85. The molecule has 2 N–H and O–H groups in total. The van der Waals surface area contributed by atoms with E-state index < -0.39 is 47.3 Å². The Balaban J connectivity index is 1.88. The van der Waals surface area contributed by atoms with Crippen molar-refractivity contribution in [3.8, 4) is 5.75 Å². The highest BCUT2D eigenvalue weighted by Gasteiger charge is 2.47. The van der Waals surface area contributed by atoms with Crippen LogP contribution in [0.5, 0.6) is 5.75 Å². The Morgan fingerprint density at radius 2 is 2.11 bits per heavy atom. The van der Waals surface area contributed by atoms with Crippen LogP contribution in [-0.2, 0) is 9.59 Å². The maximum Gasteiger partial charge on any atom is 0.387 e. The van der Waals surface area contributed by atoms with Gasteiger partial charge in [0.05, 0.1) is 5.69 Å². The largest absolute Gasteiger partial charge is 0.429 e. The predicted octanol–water partition coefficient (Wildman–Crippen LogP) is 1.97. The Bertz CT molecular complexity index is 823. The highest BCUT2D eigenvalue weighted by Crippen LogP contribution is 2.36. The van der Waals surface area contributed by atoms with E-state index in [0.717, 1.165) is 6.07 Å². The molecule has 0 aliphatic carbocycles. The van der Waals surface area contributed by atoms with Gasteiger partial charge < -0.3 is 20.0 Å². The van der Waals surface area contributed by atoms with Gasteiger partial charge in [0.25, 0.3) is 0 Å². The number of hydrazine groups is 1. The van der Waals surface area contributed by atoms with Gasteiger partial charge in [-0.25, -0.2) is 9.82 Å². The number of amides is 2. The van der Waals surface area contributed by atoms with E-state index in [4.69, 9.17) is 11.6 Å². The van der Waals surface area contributed by atoms with E-state index in [-0.39, 0.29) is 12.2 Å². The van der Waals surface area contributed by atoms with Crippen molar-refractivity contribution in [3.05, 3.63) is 35.8 Å². The first kappa shape index (κ1) is 20.3. The van der Waals surface area contributed by atoms with Crippen LogP contribution >= 0.6 is 11.6 Å². The average molecular weight is 419 g/mol. The second-order valence-electron chi connectivity index (χ2n) is 6.47. The number of likely N-dealkylation sites (tertiary alicyclic amines) is 1. The minimum absolute atomic E-state index is 0.266. The first-order valence-corrected chi connectivity index (χ1v) is 8.77. The number of rotatable bonds is 5. The van der Waals surface area contributed by atoms with E-state index in [1.165, 1.54) is 17.0 Å². The molecular formula is C17H18ClF3N4O3. The molecule has 0 spiro atoms. The molecule has 3 atom stereocenters. The molecule has 28 heavy (non-hydrogen) atoms. The quantitative estimate of drug-likeness (QED) is 0.434. The summed E-state index contributed by atoms with van der Waals surface area (Å²) in [5, 5.41) is 3.97. The van der Waals surface area contributed by atoms with Crippen molar-refractivity contribution >= 4 is 29.1 Å². The number of hydrogen-bond acceptors (Lipinski definition) is 5. The smallest absolute Gasteiger partial charge is 0.387 e. The van der Waals surface area contributed by atoms with Gasteiger partial charge >= 0.3 is 6.61 Å². The minimum atomic E-state index is -3.27. The number of hydrogen-bond donors (Lipinski definition) is 2. The molecule has 152 valence electrons. The zero-order chi connectivity index (χ0) is 20.6. The maximum absolute atomic E-state index is 13.9. The molecule has 0 saturated carbocycles. The Morgan fingerprint density at radius 3 is 2.71 bits per heavy atom. The summed E-state index contributed by atoms with van der Waals surface area (Å²) in [4.78, 5) is 26.8. The average Bonchev–Trinajstić information content (AvgIpc) is 3.09. The molecule has 3 rings (SSSR count). The van der Waals surface area contributed by atoms with Crippen molar-refractivity contribution in [3.63, 3.8) is 0 Å². The molecule has 2 aliphatic rings. The van der Waals surface area contributed by atoms with Gasteiger partial charge in [-0.2, -0.15) is 8.78 Å². The van der Waals surface area contributed by atoms with Crippen molar-refractivity contribution in [2.24, 2.45) is 11.8 Å². The lowest BCUT2D eigenvalue weighted by atomic mass is 9.91. The zero-order valence-corrected chi connectivity index (χ0v) is 15.7. The van der Waals surface area contributed by atoms with Gasteiger partial charge in [-0.05, 0) is 18.2 Å². The Hall–Kier alpha value is -2.46. The number of ether oxygens (including phenoxy) is 1. The van der Waals surface area contributed by atoms with Gasteiger partial charge in [0.1, 0.15) is 11.4 Å². The number of carbonyl (C=O) groups excluding carboxylic acids is 2. The van der Waals surface area contributed by atoms with Crippen molar-refractivity contribution in [2.45, 2.75) is 12.1 Å². The maximum atomic E-state index is 13.9. The van der Waals surface area contributed by atoms with Crippen LogP contribution in [0.25, 0.3) is 0 Å². The standard InChI is InChI=1S/C17H18ClF3N4O3/c1-24-7-8(11-6-12(18)23-25(11)2)13(16(24)27)15(26)22-10-5-3-4-9(19)14(10)28-17(20)21/h3-6,8,12-13,17,23H,7H2,1-2H3,(H,22,26). The molecule has 2 heterocycles. The molecule has 0 bridgehead atoms. The summed E-state index contributed by atoms with van der Waals surface area (Å²) in [6.07, 6.45) is 1.69. The van der Waals surface area contributed by atoms with Crippen LogP contribution in [0.1, 0.15) is 0 Å². The molecule has 1 aromatic carbocycles. The highest BCUT2D eigenvalue weighted by atomic mass is 35.5. The fourth-order valence-corrected chi connectivity index (χ4v) is 3.69. The van der Waals surface area contributed by atoms with Gasteiger partial charge in [-0.15, -0.1) is 0 Å². The lowest BCUT2D eigenvalue weighted by molar-refractivity contribution is -0.135. The number of nitrogens with zero attached hydrogens (tertiary/aromatic N) is 2. The molecule has 1 saturated heterocycles. The Morgan fingerprint density at radius 1 is 1.39 bits per heavy atom. The van der Waals surface area contributed by atoms with Crippen molar-refractivity contribution in [1.29, 1.82) is 0 Å². The number of benzene rings is 1. The van der Waals surface area contributed by atoms with E-state index in [1.54, 1.807) is 25.2 Å². The number of nitrogens with one attached hydrogen (secondary N) is 2. The van der Waals surface area contributed by atoms with Crippen LogP contribution in [0.2, 0.25) is 0 Å². The van der Waals surface area contributed by atoms with E-state index in [9.17, 15) is 22.8 Å². The molecule has 2 aliphatic heterocycles. The second kappa shape index (κ2) is 7.88. The SMILES string of the molecule is CN1CC(C2=CC(Cl)NN2C)C(C(=O)Nc2cccc(F)c2OC(F)F)C1=O. The van der Waals surface area contributed by atoms with Crippen LogP contribution in [0, 0.1) is 17.7 Å². The second-order valence-corrected chi connectivity index (χ2v) is 6.94. The zero-order valence-electron chi connectivity index (χ0n) is 15.0. The van der Waals surface area contributed by atoms with Gasteiger partial charge in [-0.1, -0.05) is 17.7 Å². The summed E-state index contributed by atoms with van der Waals surface area (Å²) in [6, 6.07) is 3.38. The third kappa shape index (κ3) is 3.88. The van der Waals surface area contributed by atoms with Crippen molar-refractivity contribution in [1.82, 2.24) is 15.3 Å². The summed E-state index contributed by atoms with van der Waals surface area (Å²) >= 11 is 6.04. The van der Waals surface area contributed by atoms with Crippen LogP contribution in [-0.4, -0.2) is 54.5 Å². The van der Waals surface area contributed by atoms with Crippen LogP contribution in [0.15, 0.2) is 30.0 Å². The van der Waals surface area contributed by atoms with Crippen molar-refractivity contribution in [2.75, 3.05) is 26.0 Å². The Labute approximate surface area is 164 Å². The first-order valence-electron chi connectivity index (χ1n) is 8.34. The lowest BCUT2D eigenvalue weighted by Crippen LogP contribution is -2.38. The van der Waals surface area contributed by atoms with Crippen molar-refractivity contribution < 1.29 is 27.5 Å².